The molecule has 3 heterocycles. The van der Waals surface area contributed by atoms with Gasteiger partial charge in [-0.15, -0.1) is 0 Å². The van der Waals surface area contributed by atoms with Gasteiger partial charge in [0.25, 0.3) is 11.8 Å². The van der Waals surface area contributed by atoms with Crippen molar-refractivity contribution in [2.24, 2.45) is 5.92 Å². The molecule has 2 fully saturated rings. The molecule has 3 N–H and O–H groups in total. The average molecular weight is 538 g/mol. The van der Waals surface area contributed by atoms with Crippen LogP contribution < -0.4 is 10.7 Å². The number of hydrogen-bond acceptors (Lipinski definition) is 6. The molecule has 1 aromatic heterocycles. The molecule has 12 heteroatoms. The molecule has 1 spiro atoms. The molecule has 3 unspecified atom stereocenters. The number of nitrogens with zero attached hydrogens (tertiary/aromatic N) is 2. The zero-order valence-corrected chi connectivity index (χ0v) is 20.9. The number of carbonyl (C=O) groups is 2. The van der Waals surface area contributed by atoms with Gasteiger partial charge in [0.15, 0.2) is 11.4 Å². The molecule has 1 saturated carbocycles. The van der Waals surface area contributed by atoms with E-state index in [0.717, 1.165) is 12.1 Å². The van der Waals surface area contributed by atoms with Crippen molar-refractivity contribution in [3.63, 3.8) is 0 Å². The number of aromatic hydroxyl groups is 1. The first-order valence-corrected chi connectivity index (χ1v) is 12.4. The highest BCUT2D eigenvalue weighted by Crippen LogP contribution is 2.65. The summed E-state index contributed by atoms with van der Waals surface area (Å²) in [7, 11) is 0. The minimum atomic E-state index is -1.07. The van der Waals surface area contributed by atoms with Crippen molar-refractivity contribution >= 4 is 23.4 Å². The molecule has 37 heavy (non-hydrogen) atoms. The first-order valence-electron chi connectivity index (χ1n) is 12.0. The molecular weight excluding hydrogens is 512 g/mol. The Labute approximate surface area is 215 Å². The van der Waals surface area contributed by atoms with Gasteiger partial charge in [-0.2, -0.15) is 0 Å². The lowest BCUT2D eigenvalue weighted by atomic mass is 9.77. The van der Waals surface area contributed by atoms with E-state index in [2.05, 4.69) is 5.32 Å². The molecule has 1 aliphatic carbocycles. The lowest BCUT2D eigenvalue weighted by Gasteiger charge is -2.56. The number of aliphatic hydroxyl groups is 1. The van der Waals surface area contributed by atoms with Gasteiger partial charge in [-0.25, -0.2) is 8.78 Å². The summed E-state index contributed by atoms with van der Waals surface area (Å²) in [5.41, 5.74) is -3.51. The fourth-order valence-electron chi connectivity index (χ4n) is 6.20. The van der Waals surface area contributed by atoms with Gasteiger partial charge in [0.2, 0.25) is 5.43 Å². The predicted octanol–water partition coefficient (Wildman–Crippen LogP) is 2.15. The van der Waals surface area contributed by atoms with Crippen LogP contribution in [0.15, 0.2) is 23.1 Å². The summed E-state index contributed by atoms with van der Waals surface area (Å²) in [6.45, 7) is 3.47. The summed E-state index contributed by atoms with van der Waals surface area (Å²) in [5, 5.41) is 22.5. The van der Waals surface area contributed by atoms with Crippen molar-refractivity contribution in [1.82, 2.24) is 14.8 Å². The monoisotopic (exact) mass is 537 g/mol. The zero-order chi connectivity index (χ0) is 26.9. The van der Waals surface area contributed by atoms with E-state index in [9.17, 15) is 33.4 Å². The Morgan fingerprint density at radius 1 is 1.35 bits per heavy atom. The average Bonchev–Trinajstić information content (AvgIpc) is 3.62. The normalized spacial score (nSPS) is 26.7. The van der Waals surface area contributed by atoms with Crippen LogP contribution in [-0.4, -0.2) is 62.9 Å². The van der Waals surface area contributed by atoms with Crippen molar-refractivity contribution in [2.75, 3.05) is 19.8 Å². The standard InChI is InChI=1S/C25H26ClF2N3O6/c1-3-24-11-37-10-14-6-25(14,24)31(12(2)9-32)23(36)19-21(34)20(33)15(8-30(19)24)22(35)29-7-13-4-5-16(27)17(26)18(13)28/h4-5,8,12,14,32,34H,3,6-7,9-11H2,1-2H3,(H,29,35)/t12-,14?,24?,25?/m1/s1. The summed E-state index contributed by atoms with van der Waals surface area (Å²) in [4.78, 5) is 41.4. The summed E-state index contributed by atoms with van der Waals surface area (Å²) < 4.78 is 35.1. The van der Waals surface area contributed by atoms with Crippen molar-refractivity contribution in [3.05, 3.63) is 62.0 Å². The van der Waals surface area contributed by atoms with Crippen LogP contribution >= 0.6 is 11.6 Å². The van der Waals surface area contributed by atoms with E-state index in [-0.39, 0.29) is 30.4 Å². The van der Waals surface area contributed by atoms with Gasteiger partial charge in [0.1, 0.15) is 22.2 Å². The smallest absolute Gasteiger partial charge is 0.275 e. The number of carbonyl (C=O) groups excluding carboxylic acids is 2. The second-order valence-electron chi connectivity index (χ2n) is 9.89. The Kier molecular flexibility index (Phi) is 6.08. The Bertz CT molecular complexity index is 1380. The van der Waals surface area contributed by atoms with E-state index < -0.39 is 68.9 Å². The van der Waals surface area contributed by atoms with Gasteiger partial charge in [-0.05, 0) is 25.8 Å². The first kappa shape index (κ1) is 25.6. The van der Waals surface area contributed by atoms with E-state index in [0.29, 0.717) is 19.4 Å². The number of rotatable bonds is 6. The van der Waals surface area contributed by atoms with Gasteiger partial charge in [-0.1, -0.05) is 24.6 Å². The van der Waals surface area contributed by atoms with Gasteiger partial charge in [0, 0.05) is 24.2 Å². The third-order valence-electron chi connectivity index (χ3n) is 8.12. The lowest BCUT2D eigenvalue weighted by molar-refractivity contribution is -0.0923. The van der Waals surface area contributed by atoms with Crippen LogP contribution in [0.4, 0.5) is 8.78 Å². The minimum Gasteiger partial charge on any atom is -0.503 e. The highest BCUT2D eigenvalue weighted by Gasteiger charge is 2.75. The second-order valence-corrected chi connectivity index (χ2v) is 10.3. The van der Waals surface area contributed by atoms with Gasteiger partial charge in [0.05, 0.1) is 36.9 Å². The Morgan fingerprint density at radius 3 is 2.76 bits per heavy atom. The van der Waals surface area contributed by atoms with Crippen molar-refractivity contribution < 1.29 is 33.3 Å². The quantitative estimate of drug-likeness (QED) is 0.486. The number of pyridine rings is 1. The van der Waals surface area contributed by atoms with Gasteiger partial charge < -0.3 is 29.7 Å². The molecule has 3 aliphatic rings. The second kappa shape index (κ2) is 8.78. The number of fused-ring (bicyclic) bond motifs is 2. The first-order chi connectivity index (χ1) is 17.6. The molecule has 0 bridgehead atoms. The van der Waals surface area contributed by atoms with Crippen LogP contribution in [-0.2, 0) is 16.8 Å². The molecule has 4 atom stereocenters. The van der Waals surface area contributed by atoms with E-state index in [1.54, 1.807) is 11.8 Å². The maximum absolute atomic E-state index is 14.3. The third kappa shape index (κ3) is 3.37. The summed E-state index contributed by atoms with van der Waals surface area (Å²) in [5.74, 6) is -4.43. The van der Waals surface area contributed by atoms with Crippen molar-refractivity contribution in [2.45, 2.75) is 50.4 Å². The number of aromatic nitrogens is 1. The van der Waals surface area contributed by atoms with Crippen LogP contribution in [0.5, 0.6) is 5.75 Å². The Balaban J connectivity index is 1.60. The molecule has 1 aromatic carbocycles. The number of ether oxygens (including phenoxy) is 1. The number of halogens is 3. The molecule has 2 amide bonds. The molecule has 9 nitrogen and oxygen atoms in total. The molecule has 2 aliphatic heterocycles. The van der Waals surface area contributed by atoms with Crippen molar-refractivity contribution in [3.8, 4) is 5.75 Å². The molecule has 0 radical (unpaired) electrons. The van der Waals surface area contributed by atoms with Crippen LogP contribution in [0.1, 0.15) is 53.1 Å². The number of nitrogens with one attached hydrogen (secondary N) is 1. The van der Waals surface area contributed by atoms with Gasteiger partial charge in [-0.3, -0.25) is 14.4 Å². The maximum atomic E-state index is 14.3. The van der Waals surface area contributed by atoms with Crippen LogP contribution in [0.3, 0.4) is 0 Å². The number of benzene rings is 1. The predicted molar refractivity (Wildman–Crippen MR) is 128 cm³/mol. The van der Waals surface area contributed by atoms with Gasteiger partial charge >= 0.3 is 0 Å². The highest BCUT2D eigenvalue weighted by molar-refractivity contribution is 6.30. The van der Waals surface area contributed by atoms with E-state index in [4.69, 9.17) is 16.3 Å². The van der Waals surface area contributed by atoms with Crippen LogP contribution in [0.2, 0.25) is 5.02 Å². The summed E-state index contributed by atoms with van der Waals surface area (Å²) in [6.07, 6.45) is 2.30. The third-order valence-corrected chi connectivity index (χ3v) is 8.47. The number of hydrogen-bond donors (Lipinski definition) is 3. The largest absolute Gasteiger partial charge is 0.503 e. The molecule has 2 aromatic rings. The van der Waals surface area contributed by atoms with E-state index in [1.807, 2.05) is 6.92 Å². The molecule has 5 rings (SSSR count). The van der Waals surface area contributed by atoms with Crippen molar-refractivity contribution in [1.29, 1.82) is 0 Å². The SMILES string of the molecule is CCC12COCC3CC31N([C@H](C)CO)C(=O)c1c(O)c(=O)c(C(=O)NCc3ccc(F)c(Cl)c3F)cn12. The fraction of sp³-hybridized carbons (Fsp3) is 0.480. The lowest BCUT2D eigenvalue weighted by Crippen LogP contribution is -2.70. The van der Waals surface area contributed by atoms with E-state index in [1.165, 1.54) is 10.8 Å². The molecule has 1 saturated heterocycles. The topological polar surface area (TPSA) is 121 Å². The maximum Gasteiger partial charge on any atom is 0.275 e. The van der Waals surface area contributed by atoms with Crippen LogP contribution in [0.25, 0.3) is 0 Å². The fourth-order valence-corrected chi connectivity index (χ4v) is 6.39. The summed E-state index contributed by atoms with van der Waals surface area (Å²) >= 11 is 5.60. The Hall–Kier alpha value is -3.02. The minimum absolute atomic E-state index is 0.0163. The number of aliphatic hydroxyl groups excluding tert-OH is 1. The van der Waals surface area contributed by atoms with E-state index >= 15 is 0 Å². The zero-order valence-electron chi connectivity index (χ0n) is 20.2. The Morgan fingerprint density at radius 2 is 2.08 bits per heavy atom. The van der Waals surface area contributed by atoms with Crippen LogP contribution in [0, 0.1) is 17.6 Å². The number of amides is 2. The highest BCUT2D eigenvalue weighted by atomic mass is 35.5. The summed E-state index contributed by atoms with van der Waals surface area (Å²) in [6, 6.07) is 1.49. The molecule has 198 valence electrons. The molecular formula is C25H26ClF2N3O6.